The number of nitrogens with one attached hydrogen (secondary N) is 2. The average Bonchev–Trinajstić information content (AvgIpc) is 2.89. The fourth-order valence-electron chi connectivity index (χ4n) is 3.66. The molecule has 2 N–H and O–H groups in total. The van der Waals surface area contributed by atoms with Gasteiger partial charge in [0.1, 0.15) is 0 Å². The Morgan fingerprint density at radius 2 is 1.35 bits per heavy atom. The molecule has 208 valence electrons. The van der Waals surface area contributed by atoms with Crippen LogP contribution in [-0.4, -0.2) is 29.0 Å². The summed E-state index contributed by atoms with van der Waals surface area (Å²) in [6.07, 6.45) is 1.07. The van der Waals surface area contributed by atoms with Gasteiger partial charge in [0.05, 0.1) is 23.4 Å². The van der Waals surface area contributed by atoms with Gasteiger partial charge >= 0.3 is 0 Å². The van der Waals surface area contributed by atoms with E-state index in [1.165, 1.54) is 48.5 Å². The van der Waals surface area contributed by atoms with Crippen molar-refractivity contribution < 1.29 is 21.6 Å². The Labute approximate surface area is 251 Å². The van der Waals surface area contributed by atoms with Gasteiger partial charge in [0.25, 0.3) is 15.9 Å². The number of anilines is 3. The van der Waals surface area contributed by atoms with Crippen LogP contribution in [0.25, 0.3) is 0 Å². The number of halogens is 3. The molecule has 4 aromatic carbocycles. The predicted molar refractivity (Wildman–Crippen MR) is 163 cm³/mol. The molecule has 4 rings (SSSR count). The lowest BCUT2D eigenvalue weighted by molar-refractivity contribution is 0.102. The molecule has 0 bridgehead atoms. The standard InChI is InChI=1S/C27H22BrCl2N3O5S2/c1-39(35,36)33(17-24-25(29)3-2-4-26(24)30)22-13-5-18(6-14-22)27(34)31-20-11-15-23(16-12-20)40(37,38)32-21-9-7-19(28)8-10-21/h2-16,32H,17H2,1H3,(H,31,34). The van der Waals surface area contributed by atoms with Gasteiger partial charge in [-0.3, -0.25) is 13.8 Å². The van der Waals surface area contributed by atoms with Crippen molar-refractivity contribution in [2.24, 2.45) is 0 Å². The molecule has 0 heterocycles. The Morgan fingerprint density at radius 1 is 0.800 bits per heavy atom. The van der Waals surface area contributed by atoms with E-state index >= 15 is 0 Å². The van der Waals surface area contributed by atoms with E-state index in [2.05, 4.69) is 26.0 Å². The normalized spacial score (nSPS) is 11.6. The van der Waals surface area contributed by atoms with E-state index < -0.39 is 26.0 Å². The highest BCUT2D eigenvalue weighted by molar-refractivity contribution is 9.10. The molecule has 0 radical (unpaired) electrons. The van der Waals surface area contributed by atoms with Crippen LogP contribution in [0.5, 0.6) is 0 Å². The quantitative estimate of drug-likeness (QED) is 0.202. The second kappa shape index (κ2) is 12.2. The summed E-state index contributed by atoms with van der Waals surface area (Å²) in [5.74, 6) is -0.463. The van der Waals surface area contributed by atoms with Crippen LogP contribution in [0.2, 0.25) is 10.0 Å². The Hall–Kier alpha value is -3.09. The highest BCUT2D eigenvalue weighted by Gasteiger charge is 2.21. The third kappa shape index (κ3) is 7.35. The largest absolute Gasteiger partial charge is 0.322 e. The van der Waals surface area contributed by atoms with Gasteiger partial charge in [0.15, 0.2) is 0 Å². The summed E-state index contributed by atoms with van der Waals surface area (Å²) in [5, 5.41) is 3.37. The van der Waals surface area contributed by atoms with Crippen LogP contribution >= 0.6 is 39.1 Å². The molecular weight excluding hydrogens is 661 g/mol. The second-order valence-corrected chi connectivity index (χ2v) is 13.9. The Kier molecular flexibility index (Phi) is 9.11. The van der Waals surface area contributed by atoms with E-state index in [1.807, 2.05) is 0 Å². The lowest BCUT2D eigenvalue weighted by Crippen LogP contribution is -2.29. The number of benzene rings is 4. The summed E-state index contributed by atoms with van der Waals surface area (Å²) in [6.45, 7) is -0.0885. The first kappa shape index (κ1) is 29.9. The molecule has 0 aromatic heterocycles. The first-order valence-electron chi connectivity index (χ1n) is 11.5. The molecule has 1 amide bonds. The number of hydrogen-bond donors (Lipinski definition) is 2. The first-order valence-corrected chi connectivity index (χ1v) is 16.4. The molecule has 4 aromatic rings. The third-order valence-electron chi connectivity index (χ3n) is 5.70. The highest BCUT2D eigenvalue weighted by atomic mass is 79.9. The summed E-state index contributed by atoms with van der Waals surface area (Å²) in [7, 11) is -7.54. The molecule has 13 heteroatoms. The van der Waals surface area contributed by atoms with E-state index in [-0.39, 0.29) is 17.0 Å². The molecule has 0 atom stereocenters. The van der Waals surface area contributed by atoms with E-state index in [4.69, 9.17) is 23.2 Å². The van der Waals surface area contributed by atoms with Crippen molar-refractivity contribution in [2.45, 2.75) is 11.4 Å². The van der Waals surface area contributed by atoms with Gasteiger partial charge in [0.2, 0.25) is 10.0 Å². The van der Waals surface area contributed by atoms with Crippen molar-refractivity contribution in [3.63, 3.8) is 0 Å². The molecule has 0 aliphatic rings. The molecule has 0 saturated heterocycles. The molecule has 0 unspecified atom stereocenters. The number of sulfonamides is 2. The molecule has 0 aliphatic carbocycles. The zero-order valence-electron chi connectivity index (χ0n) is 20.8. The summed E-state index contributed by atoms with van der Waals surface area (Å²) in [5.41, 5.74) is 1.83. The van der Waals surface area contributed by atoms with Crippen LogP contribution in [-0.2, 0) is 26.6 Å². The van der Waals surface area contributed by atoms with Crippen LogP contribution in [0.4, 0.5) is 17.1 Å². The van der Waals surface area contributed by atoms with Crippen LogP contribution in [0, 0.1) is 0 Å². The SMILES string of the molecule is CS(=O)(=O)N(Cc1c(Cl)cccc1Cl)c1ccc(C(=O)Nc2ccc(S(=O)(=O)Nc3ccc(Br)cc3)cc2)cc1. The number of hydrogen-bond acceptors (Lipinski definition) is 5. The summed E-state index contributed by atoms with van der Waals surface area (Å²) < 4.78 is 54.9. The van der Waals surface area contributed by atoms with Crippen molar-refractivity contribution in [2.75, 3.05) is 20.6 Å². The van der Waals surface area contributed by atoms with Gasteiger partial charge in [-0.05, 0) is 84.9 Å². The van der Waals surface area contributed by atoms with E-state index in [0.29, 0.717) is 32.7 Å². The molecule has 40 heavy (non-hydrogen) atoms. The predicted octanol–water partition coefficient (Wildman–Crippen LogP) is 6.78. The maximum atomic E-state index is 12.8. The molecule has 0 aliphatic heterocycles. The van der Waals surface area contributed by atoms with Gasteiger partial charge in [-0.2, -0.15) is 0 Å². The number of nitrogens with zero attached hydrogens (tertiary/aromatic N) is 1. The highest BCUT2D eigenvalue weighted by Crippen LogP contribution is 2.29. The lowest BCUT2D eigenvalue weighted by atomic mass is 10.1. The van der Waals surface area contributed by atoms with Crippen LogP contribution in [0.3, 0.4) is 0 Å². The summed E-state index contributed by atoms with van der Waals surface area (Å²) >= 11 is 15.8. The van der Waals surface area contributed by atoms with Crippen molar-refractivity contribution in [1.82, 2.24) is 0 Å². The van der Waals surface area contributed by atoms with Gasteiger partial charge in [0, 0.05) is 37.0 Å². The molecule has 8 nitrogen and oxygen atoms in total. The van der Waals surface area contributed by atoms with Crippen molar-refractivity contribution >= 4 is 82.1 Å². The van der Waals surface area contributed by atoms with Crippen LogP contribution in [0.1, 0.15) is 15.9 Å². The smallest absolute Gasteiger partial charge is 0.261 e. The van der Waals surface area contributed by atoms with Gasteiger partial charge in [-0.1, -0.05) is 45.2 Å². The first-order chi connectivity index (χ1) is 18.8. The number of rotatable bonds is 9. The number of carbonyl (C=O) groups is 1. The van der Waals surface area contributed by atoms with Crippen molar-refractivity contribution in [1.29, 1.82) is 0 Å². The molecule has 0 spiro atoms. The second-order valence-electron chi connectivity index (χ2n) is 8.61. The zero-order chi connectivity index (χ0) is 29.1. The average molecular weight is 683 g/mol. The van der Waals surface area contributed by atoms with Gasteiger partial charge < -0.3 is 5.32 Å². The number of amides is 1. The van der Waals surface area contributed by atoms with Gasteiger partial charge in [-0.25, -0.2) is 16.8 Å². The molecule has 0 fully saturated rings. The lowest BCUT2D eigenvalue weighted by Gasteiger charge is -2.23. The third-order valence-corrected chi connectivity index (χ3v) is 9.47. The van der Waals surface area contributed by atoms with Gasteiger partial charge in [-0.15, -0.1) is 0 Å². The minimum atomic E-state index is -3.83. The maximum Gasteiger partial charge on any atom is 0.261 e. The fraction of sp³-hybridized carbons (Fsp3) is 0.0741. The van der Waals surface area contributed by atoms with E-state index in [0.717, 1.165) is 15.0 Å². The minimum Gasteiger partial charge on any atom is -0.322 e. The van der Waals surface area contributed by atoms with Crippen molar-refractivity contribution in [3.8, 4) is 0 Å². The Morgan fingerprint density at radius 3 is 1.90 bits per heavy atom. The maximum absolute atomic E-state index is 12.8. The number of carbonyl (C=O) groups excluding carboxylic acids is 1. The summed E-state index contributed by atoms with van der Waals surface area (Å²) in [4.78, 5) is 12.8. The zero-order valence-corrected chi connectivity index (χ0v) is 25.5. The summed E-state index contributed by atoms with van der Waals surface area (Å²) in [6, 6.07) is 23.3. The molecular formula is C27H22BrCl2N3O5S2. The topological polar surface area (TPSA) is 113 Å². The Balaban J connectivity index is 1.46. The van der Waals surface area contributed by atoms with Crippen LogP contribution in [0.15, 0.2) is 100 Å². The Bertz CT molecular complexity index is 1730. The molecule has 0 saturated carbocycles. The monoisotopic (exact) mass is 681 g/mol. The van der Waals surface area contributed by atoms with E-state index in [9.17, 15) is 21.6 Å². The fourth-order valence-corrected chi connectivity index (χ4v) is 6.37. The van der Waals surface area contributed by atoms with E-state index in [1.54, 1.807) is 42.5 Å². The van der Waals surface area contributed by atoms with Crippen LogP contribution < -0.4 is 14.3 Å². The minimum absolute atomic E-state index is 0.0252. The van der Waals surface area contributed by atoms with Crippen molar-refractivity contribution in [3.05, 3.63) is 117 Å².